The number of carbonyl (C=O) groups is 1. The van der Waals surface area contributed by atoms with Crippen LogP contribution in [0, 0.1) is 0 Å². The number of aryl methyl sites for hydroxylation is 2. The maximum Gasteiger partial charge on any atom is 0.419 e. The number of hydrogen-bond donors (Lipinski definition) is 1. The molecule has 23 heavy (non-hydrogen) atoms. The van der Waals surface area contributed by atoms with Gasteiger partial charge in [-0.05, 0) is 29.7 Å². The minimum absolute atomic E-state index is 0.00929. The minimum Gasteiger partial charge on any atom is -0.408 e. The zero-order valence-electron chi connectivity index (χ0n) is 12.9. The highest BCUT2D eigenvalue weighted by Crippen LogP contribution is 2.15. The van der Waals surface area contributed by atoms with E-state index >= 15 is 0 Å². The number of nitrogens with zero attached hydrogens (tertiary/aromatic N) is 1. The van der Waals surface area contributed by atoms with Crippen molar-refractivity contribution in [1.82, 2.24) is 9.88 Å². The number of fused-ring (bicyclic) bond motifs is 1. The van der Waals surface area contributed by atoms with Crippen molar-refractivity contribution in [2.24, 2.45) is 7.05 Å². The Morgan fingerprint density at radius 3 is 2.70 bits per heavy atom. The van der Waals surface area contributed by atoms with Gasteiger partial charge in [0.15, 0.2) is 5.58 Å². The standard InChI is InChI=1S/C18H18N2O3/c1-20-15-11-13(7-9-16(15)23-18(20)22)8-10-17(21)19-12-14-5-3-2-4-6-14/h2-7,9,11H,8,10,12H2,1H3,(H,19,21). The van der Waals surface area contributed by atoms with Crippen molar-refractivity contribution in [3.8, 4) is 0 Å². The van der Waals surface area contributed by atoms with E-state index in [4.69, 9.17) is 4.42 Å². The fraction of sp³-hybridized carbons (Fsp3) is 0.222. The Kier molecular flexibility index (Phi) is 4.28. The molecule has 0 fully saturated rings. The Balaban J connectivity index is 1.58. The molecule has 0 spiro atoms. The van der Waals surface area contributed by atoms with Gasteiger partial charge in [-0.15, -0.1) is 0 Å². The van der Waals surface area contributed by atoms with Crippen LogP contribution in [0.4, 0.5) is 0 Å². The van der Waals surface area contributed by atoms with E-state index in [9.17, 15) is 9.59 Å². The Bertz CT molecular complexity index is 878. The summed E-state index contributed by atoms with van der Waals surface area (Å²) in [5.74, 6) is -0.368. The molecule has 3 aromatic rings. The summed E-state index contributed by atoms with van der Waals surface area (Å²) in [6, 6.07) is 15.4. The van der Waals surface area contributed by atoms with Crippen LogP contribution < -0.4 is 11.1 Å². The van der Waals surface area contributed by atoms with Crippen molar-refractivity contribution in [2.45, 2.75) is 19.4 Å². The average Bonchev–Trinajstić information content (AvgIpc) is 2.86. The van der Waals surface area contributed by atoms with Gasteiger partial charge in [0.05, 0.1) is 5.52 Å². The molecule has 0 aliphatic carbocycles. The van der Waals surface area contributed by atoms with E-state index in [-0.39, 0.29) is 11.7 Å². The minimum atomic E-state index is -0.377. The number of hydrogen-bond acceptors (Lipinski definition) is 3. The first-order valence-corrected chi connectivity index (χ1v) is 7.52. The Morgan fingerprint density at radius 1 is 1.13 bits per heavy atom. The fourth-order valence-corrected chi connectivity index (χ4v) is 2.47. The maximum atomic E-state index is 11.9. The van der Waals surface area contributed by atoms with Crippen LogP contribution in [-0.4, -0.2) is 10.5 Å². The SMILES string of the molecule is Cn1c(=O)oc2ccc(CCC(=O)NCc3ccccc3)cc21. The summed E-state index contributed by atoms with van der Waals surface area (Å²) in [4.78, 5) is 23.4. The van der Waals surface area contributed by atoms with Crippen molar-refractivity contribution in [1.29, 1.82) is 0 Å². The van der Waals surface area contributed by atoms with Gasteiger partial charge in [0.1, 0.15) is 0 Å². The number of rotatable bonds is 5. The highest BCUT2D eigenvalue weighted by atomic mass is 16.4. The lowest BCUT2D eigenvalue weighted by molar-refractivity contribution is -0.121. The van der Waals surface area contributed by atoms with Gasteiger partial charge in [-0.1, -0.05) is 36.4 Å². The molecule has 0 saturated carbocycles. The molecule has 0 radical (unpaired) electrons. The number of nitrogens with one attached hydrogen (secondary N) is 1. The zero-order chi connectivity index (χ0) is 16.2. The first kappa shape index (κ1) is 15.1. The number of carbonyl (C=O) groups excluding carboxylic acids is 1. The van der Waals surface area contributed by atoms with Crippen molar-refractivity contribution < 1.29 is 9.21 Å². The van der Waals surface area contributed by atoms with E-state index in [2.05, 4.69) is 5.32 Å². The van der Waals surface area contributed by atoms with Gasteiger partial charge >= 0.3 is 5.76 Å². The first-order chi connectivity index (χ1) is 11.1. The Hall–Kier alpha value is -2.82. The molecule has 2 aromatic carbocycles. The number of oxazole rings is 1. The summed E-state index contributed by atoms with van der Waals surface area (Å²) in [5.41, 5.74) is 3.39. The largest absolute Gasteiger partial charge is 0.419 e. The van der Waals surface area contributed by atoms with Crippen LogP contribution in [0.3, 0.4) is 0 Å². The van der Waals surface area contributed by atoms with E-state index in [0.29, 0.717) is 25.0 Å². The lowest BCUT2D eigenvalue weighted by atomic mass is 10.1. The zero-order valence-corrected chi connectivity index (χ0v) is 12.9. The smallest absolute Gasteiger partial charge is 0.408 e. The summed E-state index contributed by atoms with van der Waals surface area (Å²) in [7, 11) is 1.67. The predicted octanol–water partition coefficient (Wildman–Crippen LogP) is 2.38. The quantitative estimate of drug-likeness (QED) is 0.787. The fourth-order valence-electron chi connectivity index (χ4n) is 2.47. The lowest BCUT2D eigenvalue weighted by Crippen LogP contribution is -2.22. The Morgan fingerprint density at radius 2 is 1.91 bits per heavy atom. The summed E-state index contributed by atoms with van der Waals surface area (Å²) in [5, 5.41) is 2.91. The van der Waals surface area contributed by atoms with Crippen LogP contribution in [0.5, 0.6) is 0 Å². The summed E-state index contributed by atoms with van der Waals surface area (Å²) >= 11 is 0. The van der Waals surface area contributed by atoms with Gasteiger partial charge in [-0.25, -0.2) is 4.79 Å². The van der Waals surface area contributed by atoms with Crippen molar-refractivity contribution in [3.05, 3.63) is 70.2 Å². The van der Waals surface area contributed by atoms with Crippen LogP contribution in [0.25, 0.3) is 11.1 Å². The average molecular weight is 310 g/mol. The van der Waals surface area contributed by atoms with Gasteiger partial charge in [0.2, 0.25) is 5.91 Å². The molecule has 0 aliphatic heterocycles. The number of benzene rings is 2. The van der Waals surface area contributed by atoms with Crippen LogP contribution in [-0.2, 0) is 24.8 Å². The second-order valence-corrected chi connectivity index (χ2v) is 5.49. The molecule has 1 amide bonds. The number of aromatic nitrogens is 1. The van der Waals surface area contributed by atoms with E-state index in [1.165, 1.54) is 4.57 Å². The van der Waals surface area contributed by atoms with Crippen LogP contribution in [0.1, 0.15) is 17.5 Å². The maximum absolute atomic E-state index is 11.9. The first-order valence-electron chi connectivity index (χ1n) is 7.52. The topological polar surface area (TPSA) is 64.2 Å². The van der Waals surface area contributed by atoms with Gasteiger partial charge in [0.25, 0.3) is 0 Å². The molecule has 0 saturated heterocycles. The van der Waals surface area contributed by atoms with Gasteiger partial charge in [-0.3, -0.25) is 9.36 Å². The Labute approximate surface area is 133 Å². The molecule has 1 aromatic heterocycles. The van der Waals surface area contributed by atoms with Crippen molar-refractivity contribution in [2.75, 3.05) is 0 Å². The molecular weight excluding hydrogens is 292 g/mol. The van der Waals surface area contributed by atoms with E-state index in [1.54, 1.807) is 13.1 Å². The van der Waals surface area contributed by atoms with Crippen molar-refractivity contribution in [3.63, 3.8) is 0 Å². The normalized spacial score (nSPS) is 10.8. The highest BCUT2D eigenvalue weighted by Gasteiger charge is 2.08. The van der Waals surface area contributed by atoms with E-state index in [0.717, 1.165) is 16.6 Å². The molecule has 3 rings (SSSR count). The second kappa shape index (κ2) is 6.52. The third-order valence-corrected chi connectivity index (χ3v) is 3.83. The van der Waals surface area contributed by atoms with Gasteiger partial charge in [-0.2, -0.15) is 0 Å². The molecule has 1 N–H and O–H groups in total. The molecule has 5 nitrogen and oxygen atoms in total. The summed E-state index contributed by atoms with van der Waals surface area (Å²) < 4.78 is 6.56. The molecule has 0 bridgehead atoms. The van der Waals surface area contributed by atoms with Crippen molar-refractivity contribution >= 4 is 17.0 Å². The third kappa shape index (κ3) is 3.51. The monoisotopic (exact) mass is 310 g/mol. The lowest BCUT2D eigenvalue weighted by Gasteiger charge is -2.05. The van der Waals surface area contributed by atoms with Crippen LogP contribution in [0.2, 0.25) is 0 Å². The van der Waals surface area contributed by atoms with Gasteiger partial charge < -0.3 is 9.73 Å². The van der Waals surface area contributed by atoms with Gasteiger partial charge in [0, 0.05) is 20.0 Å². The highest BCUT2D eigenvalue weighted by molar-refractivity contribution is 5.77. The van der Waals surface area contributed by atoms with E-state index in [1.807, 2.05) is 42.5 Å². The molecule has 0 aliphatic rings. The number of amides is 1. The predicted molar refractivity (Wildman–Crippen MR) is 88.1 cm³/mol. The molecule has 0 atom stereocenters. The molecule has 5 heteroatoms. The summed E-state index contributed by atoms with van der Waals surface area (Å²) in [6.07, 6.45) is 1.03. The van der Waals surface area contributed by atoms with Crippen LogP contribution in [0.15, 0.2) is 57.7 Å². The van der Waals surface area contributed by atoms with E-state index < -0.39 is 0 Å². The molecule has 118 valence electrons. The third-order valence-electron chi connectivity index (χ3n) is 3.83. The molecular formula is C18H18N2O3. The summed E-state index contributed by atoms with van der Waals surface area (Å²) in [6.45, 7) is 0.537. The molecule has 0 unspecified atom stereocenters. The van der Waals surface area contributed by atoms with Crippen LogP contribution >= 0.6 is 0 Å². The molecule has 1 heterocycles. The second-order valence-electron chi connectivity index (χ2n) is 5.49.